The molecule has 0 saturated heterocycles. The Morgan fingerprint density at radius 2 is 1.65 bits per heavy atom. The Hall–Kier alpha value is -2.47. The van der Waals surface area contributed by atoms with Crippen LogP contribution in [-0.4, -0.2) is 21.8 Å². The Balaban J connectivity index is 1.89. The van der Waals surface area contributed by atoms with Crippen molar-refractivity contribution in [2.75, 3.05) is 10.6 Å². The monoisotopic (exact) mass is 290 g/mol. The molecule has 102 valence electrons. The van der Waals surface area contributed by atoms with Crippen molar-refractivity contribution in [3.63, 3.8) is 0 Å². The van der Waals surface area contributed by atoms with Gasteiger partial charge in [0, 0.05) is 12.4 Å². The van der Waals surface area contributed by atoms with Gasteiger partial charge in [0.25, 0.3) is 0 Å². The van der Waals surface area contributed by atoms with Crippen molar-refractivity contribution in [2.24, 2.45) is 0 Å². The summed E-state index contributed by atoms with van der Waals surface area (Å²) in [5.41, 5.74) is 0.461. The number of hydrogen-bond donors (Lipinski definition) is 2. The highest BCUT2D eigenvalue weighted by atomic mass is 35.5. The number of hydrogen-bond acceptors (Lipinski definition) is 4. The third kappa shape index (κ3) is 4.03. The van der Waals surface area contributed by atoms with E-state index >= 15 is 0 Å². The van der Waals surface area contributed by atoms with Crippen LogP contribution in [0.3, 0.4) is 0 Å². The number of benzene rings is 1. The standard InChI is InChI=1S/C13H11ClN4O2/c14-9-4-1-2-5-10(9)17-11(19)8-12(20)18-13-15-6-3-7-16-13/h1-7H,8H2,(H,17,19)(H,15,16,18,20). The first-order valence-corrected chi connectivity index (χ1v) is 6.14. The summed E-state index contributed by atoms with van der Waals surface area (Å²) >= 11 is 5.90. The van der Waals surface area contributed by atoms with Gasteiger partial charge in [0.05, 0.1) is 10.7 Å². The van der Waals surface area contributed by atoms with E-state index < -0.39 is 11.8 Å². The van der Waals surface area contributed by atoms with Crippen molar-refractivity contribution < 1.29 is 9.59 Å². The quantitative estimate of drug-likeness (QED) is 0.845. The van der Waals surface area contributed by atoms with E-state index in [1.54, 1.807) is 30.3 Å². The molecule has 0 aliphatic rings. The number of halogens is 1. The predicted molar refractivity (Wildman–Crippen MR) is 75.4 cm³/mol. The van der Waals surface area contributed by atoms with Gasteiger partial charge < -0.3 is 5.32 Å². The van der Waals surface area contributed by atoms with Crippen LogP contribution in [0.4, 0.5) is 11.6 Å². The van der Waals surface area contributed by atoms with Gasteiger partial charge in [0.2, 0.25) is 17.8 Å². The highest BCUT2D eigenvalue weighted by molar-refractivity contribution is 6.33. The van der Waals surface area contributed by atoms with Crippen LogP contribution in [-0.2, 0) is 9.59 Å². The van der Waals surface area contributed by atoms with E-state index in [0.29, 0.717) is 10.7 Å². The molecule has 1 aromatic carbocycles. The van der Waals surface area contributed by atoms with Gasteiger partial charge in [-0.3, -0.25) is 14.9 Å². The first kappa shape index (κ1) is 14.0. The van der Waals surface area contributed by atoms with Crippen LogP contribution in [0.5, 0.6) is 0 Å². The lowest BCUT2D eigenvalue weighted by Crippen LogP contribution is -2.22. The maximum atomic E-state index is 11.7. The van der Waals surface area contributed by atoms with Crippen LogP contribution in [0, 0.1) is 0 Å². The van der Waals surface area contributed by atoms with Gasteiger partial charge in [-0.15, -0.1) is 0 Å². The molecule has 2 aromatic rings. The molecule has 0 unspecified atom stereocenters. The van der Waals surface area contributed by atoms with Gasteiger partial charge in [-0.1, -0.05) is 23.7 Å². The topological polar surface area (TPSA) is 84.0 Å². The van der Waals surface area contributed by atoms with E-state index in [-0.39, 0.29) is 12.4 Å². The summed E-state index contributed by atoms with van der Waals surface area (Å²) in [7, 11) is 0. The molecule has 20 heavy (non-hydrogen) atoms. The van der Waals surface area contributed by atoms with E-state index in [2.05, 4.69) is 20.6 Å². The number of anilines is 2. The second-order valence-corrected chi connectivity index (χ2v) is 4.23. The number of para-hydroxylation sites is 1. The Morgan fingerprint density at radius 1 is 1.00 bits per heavy atom. The summed E-state index contributed by atoms with van der Waals surface area (Å²) in [5.74, 6) is -0.810. The zero-order valence-electron chi connectivity index (χ0n) is 10.3. The van der Waals surface area contributed by atoms with E-state index in [1.807, 2.05) is 0 Å². The van der Waals surface area contributed by atoms with Crippen molar-refractivity contribution in [3.8, 4) is 0 Å². The lowest BCUT2D eigenvalue weighted by molar-refractivity contribution is -0.123. The molecule has 0 atom stereocenters. The zero-order chi connectivity index (χ0) is 14.4. The molecule has 1 heterocycles. The Morgan fingerprint density at radius 3 is 2.35 bits per heavy atom. The van der Waals surface area contributed by atoms with Crippen molar-refractivity contribution in [3.05, 3.63) is 47.7 Å². The van der Waals surface area contributed by atoms with Crippen molar-refractivity contribution in [1.29, 1.82) is 0 Å². The molecule has 0 fully saturated rings. The molecule has 0 spiro atoms. The fourth-order valence-corrected chi connectivity index (χ4v) is 1.62. The van der Waals surface area contributed by atoms with Gasteiger partial charge in [-0.25, -0.2) is 9.97 Å². The third-order valence-electron chi connectivity index (χ3n) is 2.29. The summed E-state index contributed by atoms with van der Waals surface area (Å²) in [6.45, 7) is 0. The molecule has 2 rings (SSSR count). The maximum absolute atomic E-state index is 11.7. The zero-order valence-corrected chi connectivity index (χ0v) is 11.1. The Labute approximate surface area is 120 Å². The van der Waals surface area contributed by atoms with Gasteiger partial charge >= 0.3 is 0 Å². The summed E-state index contributed by atoms with van der Waals surface area (Å²) in [6, 6.07) is 8.41. The Kier molecular flexibility index (Phi) is 4.62. The summed E-state index contributed by atoms with van der Waals surface area (Å²) in [6.07, 6.45) is 2.64. The minimum absolute atomic E-state index is 0.156. The van der Waals surface area contributed by atoms with Gasteiger partial charge in [0.15, 0.2) is 0 Å². The maximum Gasteiger partial charge on any atom is 0.236 e. The number of nitrogens with zero attached hydrogens (tertiary/aromatic N) is 2. The molecule has 0 aliphatic carbocycles. The van der Waals surface area contributed by atoms with E-state index in [0.717, 1.165) is 0 Å². The van der Waals surface area contributed by atoms with Gasteiger partial charge in [-0.2, -0.15) is 0 Å². The van der Waals surface area contributed by atoms with Crippen LogP contribution in [0.25, 0.3) is 0 Å². The van der Waals surface area contributed by atoms with Crippen LogP contribution >= 0.6 is 11.6 Å². The van der Waals surface area contributed by atoms with E-state index in [9.17, 15) is 9.59 Å². The molecular formula is C13H11ClN4O2. The van der Waals surface area contributed by atoms with Gasteiger partial charge in [-0.05, 0) is 18.2 Å². The van der Waals surface area contributed by atoms with Gasteiger partial charge in [0.1, 0.15) is 6.42 Å². The third-order valence-corrected chi connectivity index (χ3v) is 2.62. The molecule has 0 radical (unpaired) electrons. The first-order chi connectivity index (χ1) is 9.65. The Bertz CT molecular complexity index is 619. The summed E-state index contributed by atoms with van der Waals surface area (Å²) < 4.78 is 0. The number of carbonyl (C=O) groups excluding carboxylic acids is 2. The normalized spacial score (nSPS) is 9.85. The highest BCUT2D eigenvalue weighted by Crippen LogP contribution is 2.20. The minimum atomic E-state index is -0.499. The number of carbonyl (C=O) groups is 2. The lowest BCUT2D eigenvalue weighted by atomic mass is 10.3. The molecule has 7 heteroatoms. The predicted octanol–water partition coefficient (Wildman–Crippen LogP) is 2.10. The largest absolute Gasteiger partial charge is 0.324 e. The molecule has 6 nitrogen and oxygen atoms in total. The van der Waals surface area contributed by atoms with Crippen molar-refractivity contribution >= 4 is 35.1 Å². The minimum Gasteiger partial charge on any atom is -0.324 e. The summed E-state index contributed by atoms with van der Waals surface area (Å²) in [4.78, 5) is 31.0. The smallest absolute Gasteiger partial charge is 0.236 e. The molecule has 2 amide bonds. The number of amides is 2. The van der Waals surface area contributed by atoms with Crippen LogP contribution in [0.15, 0.2) is 42.7 Å². The second kappa shape index (κ2) is 6.63. The van der Waals surface area contributed by atoms with Crippen LogP contribution < -0.4 is 10.6 Å². The van der Waals surface area contributed by atoms with Crippen LogP contribution in [0.2, 0.25) is 5.02 Å². The van der Waals surface area contributed by atoms with E-state index in [4.69, 9.17) is 11.6 Å². The molecule has 0 aliphatic heterocycles. The number of aromatic nitrogens is 2. The molecule has 0 saturated carbocycles. The number of rotatable bonds is 4. The second-order valence-electron chi connectivity index (χ2n) is 3.83. The average Bonchev–Trinajstić information content (AvgIpc) is 2.42. The SMILES string of the molecule is O=C(CC(=O)Nc1ccccc1Cl)Nc1ncccn1. The molecule has 0 bridgehead atoms. The highest BCUT2D eigenvalue weighted by Gasteiger charge is 2.11. The summed E-state index contributed by atoms with van der Waals surface area (Å²) in [5, 5.41) is 5.38. The van der Waals surface area contributed by atoms with Crippen molar-refractivity contribution in [2.45, 2.75) is 6.42 Å². The molecule has 2 N–H and O–H groups in total. The van der Waals surface area contributed by atoms with Crippen LogP contribution in [0.1, 0.15) is 6.42 Å². The first-order valence-electron chi connectivity index (χ1n) is 5.76. The average molecular weight is 291 g/mol. The van der Waals surface area contributed by atoms with E-state index in [1.165, 1.54) is 12.4 Å². The van der Waals surface area contributed by atoms with Crippen molar-refractivity contribution in [1.82, 2.24) is 9.97 Å². The lowest BCUT2D eigenvalue weighted by Gasteiger charge is -2.06. The fourth-order valence-electron chi connectivity index (χ4n) is 1.44. The molecule has 1 aromatic heterocycles. The molecular weight excluding hydrogens is 280 g/mol. The number of nitrogens with one attached hydrogen (secondary N) is 2. The fraction of sp³-hybridized carbons (Fsp3) is 0.0769.